The Balaban J connectivity index is 1.44. The molecule has 11 nitrogen and oxygen atoms in total. The smallest absolute Gasteiger partial charge is 0.328 e. The largest absolute Gasteiger partial charge is 0.506 e. The first-order valence-corrected chi connectivity index (χ1v) is 11.6. The van der Waals surface area contributed by atoms with Crippen LogP contribution in [0, 0.1) is 6.92 Å². The van der Waals surface area contributed by atoms with E-state index in [0.29, 0.717) is 38.4 Å². The number of urea groups is 2. The number of ether oxygens (including phenoxy) is 3. The predicted molar refractivity (Wildman–Crippen MR) is 141 cm³/mol. The van der Waals surface area contributed by atoms with E-state index in [1.807, 2.05) is 6.92 Å². The van der Waals surface area contributed by atoms with Crippen LogP contribution in [0.3, 0.4) is 0 Å². The van der Waals surface area contributed by atoms with Crippen LogP contribution in [0.5, 0.6) is 28.7 Å². The van der Waals surface area contributed by atoms with E-state index in [4.69, 9.17) is 14.2 Å². The number of methoxy groups -OCH3 is 2. The summed E-state index contributed by atoms with van der Waals surface area (Å²) < 4.78 is 17.2. The highest BCUT2D eigenvalue weighted by molar-refractivity contribution is 9.10. The predicted octanol–water partition coefficient (Wildman–Crippen LogP) is 5.57. The topological polar surface area (TPSA) is 144 Å². The molecule has 0 atom stereocenters. The summed E-state index contributed by atoms with van der Waals surface area (Å²) >= 11 is 3.30. The van der Waals surface area contributed by atoms with Crippen molar-refractivity contribution in [2.45, 2.75) is 6.92 Å². The first-order valence-electron chi connectivity index (χ1n) is 10.8. The zero-order valence-electron chi connectivity index (χ0n) is 20.0. The van der Waals surface area contributed by atoms with Crippen molar-refractivity contribution in [3.63, 3.8) is 0 Å². The molecule has 4 aromatic rings. The van der Waals surface area contributed by atoms with Crippen molar-refractivity contribution in [3.8, 4) is 28.7 Å². The van der Waals surface area contributed by atoms with Crippen LogP contribution in [-0.4, -0.2) is 41.4 Å². The van der Waals surface area contributed by atoms with Crippen molar-refractivity contribution in [1.82, 2.24) is 15.3 Å². The van der Waals surface area contributed by atoms with E-state index in [0.717, 1.165) is 5.56 Å². The molecular weight excluding hydrogens is 546 g/mol. The van der Waals surface area contributed by atoms with Crippen LogP contribution in [0.25, 0.3) is 10.9 Å². The number of hydrogen-bond acceptors (Lipinski definition) is 8. The Morgan fingerprint density at radius 1 is 0.919 bits per heavy atom. The summed E-state index contributed by atoms with van der Waals surface area (Å²) in [4.78, 5) is 32.8. The van der Waals surface area contributed by atoms with Gasteiger partial charge in [-0.15, -0.1) is 0 Å². The first-order chi connectivity index (χ1) is 17.8. The molecule has 2 aromatic heterocycles. The number of hydrogen-bond donors (Lipinski definition) is 4. The van der Waals surface area contributed by atoms with Crippen molar-refractivity contribution in [3.05, 3.63) is 64.9 Å². The number of imide groups is 1. The maximum absolute atomic E-state index is 12.3. The lowest BCUT2D eigenvalue weighted by molar-refractivity contribution is 0.240. The molecule has 190 valence electrons. The second-order valence-corrected chi connectivity index (χ2v) is 8.55. The van der Waals surface area contributed by atoms with E-state index >= 15 is 0 Å². The highest BCUT2D eigenvalue weighted by Gasteiger charge is 2.15. The van der Waals surface area contributed by atoms with Gasteiger partial charge in [0, 0.05) is 29.9 Å². The molecule has 0 aliphatic heterocycles. The number of nitrogens with one attached hydrogen (secondary N) is 3. The Bertz CT molecular complexity index is 1500. The van der Waals surface area contributed by atoms with Crippen LogP contribution in [0.15, 0.2) is 59.3 Å². The molecule has 0 saturated heterocycles. The lowest BCUT2D eigenvalue weighted by atomic mass is 10.2. The maximum Gasteiger partial charge on any atom is 0.328 e. The minimum absolute atomic E-state index is 0.0679. The molecule has 37 heavy (non-hydrogen) atoms. The quantitative estimate of drug-likeness (QED) is 0.221. The summed E-state index contributed by atoms with van der Waals surface area (Å²) in [5, 5.41) is 18.1. The number of aromatic hydroxyl groups is 1. The molecule has 4 amide bonds. The van der Waals surface area contributed by atoms with Gasteiger partial charge >= 0.3 is 12.1 Å². The number of aryl methyl sites for hydroxylation is 1. The molecule has 12 heteroatoms. The Morgan fingerprint density at radius 2 is 1.65 bits per heavy atom. The Morgan fingerprint density at radius 3 is 2.35 bits per heavy atom. The average Bonchev–Trinajstić information content (AvgIpc) is 2.86. The number of benzene rings is 2. The molecule has 4 N–H and O–H groups in total. The number of carbonyl (C=O) groups excluding carboxylic acids is 2. The summed E-state index contributed by atoms with van der Waals surface area (Å²) in [5.41, 5.74) is 1.59. The summed E-state index contributed by atoms with van der Waals surface area (Å²) in [6, 6.07) is 9.58. The van der Waals surface area contributed by atoms with Crippen LogP contribution < -0.4 is 30.2 Å². The molecule has 0 aliphatic carbocycles. The van der Waals surface area contributed by atoms with Gasteiger partial charge in [0.2, 0.25) is 0 Å². The number of halogens is 1. The van der Waals surface area contributed by atoms with Gasteiger partial charge in [0.15, 0.2) is 11.5 Å². The van der Waals surface area contributed by atoms with Gasteiger partial charge in [-0.3, -0.25) is 15.6 Å². The molecular formula is C25H22BrN5O6. The highest BCUT2D eigenvalue weighted by Crippen LogP contribution is 2.38. The summed E-state index contributed by atoms with van der Waals surface area (Å²) in [5.74, 6) is 1.79. The standard InChI is InChI=1S/C25H22BrN5O6/c1-13-8-16(26)23(28-12-13)30-25(34)31-24(33)29-17-5-4-14(9-19(17)32)37-20-6-7-27-18-11-22(36-3)21(35-2)10-15(18)20/h4-12,32H,1-3H3,(H3,28,29,30,31,33,34). The van der Waals surface area contributed by atoms with E-state index < -0.39 is 12.1 Å². The van der Waals surface area contributed by atoms with Crippen LogP contribution in [0.2, 0.25) is 0 Å². The number of aromatic nitrogens is 2. The number of amides is 4. The van der Waals surface area contributed by atoms with Crippen molar-refractivity contribution in [1.29, 1.82) is 0 Å². The van der Waals surface area contributed by atoms with E-state index in [9.17, 15) is 14.7 Å². The van der Waals surface area contributed by atoms with Crippen molar-refractivity contribution in [2.24, 2.45) is 0 Å². The summed E-state index contributed by atoms with van der Waals surface area (Å²) in [6.07, 6.45) is 3.16. The zero-order valence-corrected chi connectivity index (χ0v) is 21.5. The van der Waals surface area contributed by atoms with Crippen LogP contribution in [0.1, 0.15) is 5.56 Å². The number of rotatable bonds is 6. The normalized spacial score (nSPS) is 10.5. The molecule has 2 aromatic carbocycles. The van der Waals surface area contributed by atoms with Crippen LogP contribution >= 0.6 is 15.9 Å². The molecule has 0 radical (unpaired) electrons. The monoisotopic (exact) mass is 567 g/mol. The van der Waals surface area contributed by atoms with Crippen molar-refractivity contribution < 1.29 is 28.9 Å². The Kier molecular flexibility index (Phi) is 7.58. The fourth-order valence-corrected chi connectivity index (χ4v) is 3.93. The number of anilines is 2. The first kappa shape index (κ1) is 25.5. The van der Waals surface area contributed by atoms with Gasteiger partial charge in [-0.25, -0.2) is 14.6 Å². The lowest BCUT2D eigenvalue weighted by Gasteiger charge is -2.13. The highest BCUT2D eigenvalue weighted by atomic mass is 79.9. The van der Waals surface area contributed by atoms with Crippen molar-refractivity contribution >= 4 is 50.4 Å². The molecule has 0 unspecified atom stereocenters. The minimum atomic E-state index is -0.856. The number of carbonyl (C=O) groups is 2. The minimum Gasteiger partial charge on any atom is -0.506 e. The third-order valence-electron chi connectivity index (χ3n) is 5.09. The van der Waals surface area contributed by atoms with Crippen molar-refractivity contribution in [2.75, 3.05) is 24.9 Å². The molecule has 0 saturated carbocycles. The lowest BCUT2D eigenvalue weighted by Crippen LogP contribution is -2.37. The van der Waals surface area contributed by atoms with Gasteiger partial charge in [0.05, 0.1) is 29.9 Å². The summed E-state index contributed by atoms with van der Waals surface area (Å²) in [6.45, 7) is 1.85. The van der Waals surface area contributed by atoms with Gasteiger partial charge in [0.25, 0.3) is 0 Å². The number of phenols is 1. The number of phenolic OH excluding ortho intramolecular Hbond substituents is 1. The molecule has 4 rings (SSSR count). The molecule has 0 bridgehead atoms. The molecule has 2 heterocycles. The maximum atomic E-state index is 12.3. The molecule has 0 aliphatic rings. The number of fused-ring (bicyclic) bond motifs is 1. The van der Waals surface area contributed by atoms with Crippen LogP contribution in [-0.2, 0) is 0 Å². The second kappa shape index (κ2) is 11.0. The Hall–Kier alpha value is -4.58. The fraction of sp³-hybridized carbons (Fsp3) is 0.120. The average molecular weight is 568 g/mol. The zero-order chi connectivity index (χ0) is 26.5. The van der Waals surface area contributed by atoms with Gasteiger partial charge in [-0.2, -0.15) is 0 Å². The third kappa shape index (κ3) is 5.98. The number of nitrogens with zero attached hydrogens (tertiary/aromatic N) is 2. The van der Waals surface area contributed by atoms with E-state index in [1.165, 1.54) is 26.4 Å². The van der Waals surface area contributed by atoms with E-state index in [-0.39, 0.29) is 17.3 Å². The molecule has 0 fully saturated rings. The fourth-order valence-electron chi connectivity index (χ4n) is 3.37. The van der Waals surface area contributed by atoms with Gasteiger partial charge in [-0.1, -0.05) is 0 Å². The third-order valence-corrected chi connectivity index (χ3v) is 5.69. The van der Waals surface area contributed by atoms with E-state index in [1.54, 1.807) is 42.7 Å². The summed E-state index contributed by atoms with van der Waals surface area (Å²) in [7, 11) is 3.07. The second-order valence-electron chi connectivity index (χ2n) is 7.69. The van der Waals surface area contributed by atoms with Gasteiger partial charge < -0.3 is 24.6 Å². The van der Waals surface area contributed by atoms with Gasteiger partial charge in [-0.05, 0) is 58.7 Å². The van der Waals surface area contributed by atoms with Crippen LogP contribution in [0.4, 0.5) is 21.1 Å². The molecule has 0 spiro atoms. The van der Waals surface area contributed by atoms with Gasteiger partial charge in [0.1, 0.15) is 23.1 Å². The SMILES string of the molecule is COc1cc2nccc(Oc3ccc(NC(=O)NC(=O)Nc4ncc(C)cc4Br)c(O)c3)c2cc1OC. The van der Waals surface area contributed by atoms with E-state index in [2.05, 4.69) is 41.8 Å². The Labute approximate surface area is 219 Å². The number of pyridine rings is 2.